The maximum Gasteiger partial charge on any atom is 0.343 e. The molecule has 2 aliphatic rings. The average Bonchev–Trinajstić information content (AvgIpc) is 3.09. The normalized spacial score (nSPS) is 32.4. The Morgan fingerprint density at radius 1 is 1.17 bits per heavy atom. The van der Waals surface area contributed by atoms with Crippen molar-refractivity contribution >= 4 is 11.0 Å². The van der Waals surface area contributed by atoms with E-state index in [1.807, 2.05) is 26.8 Å². The molecule has 5 N–H and O–H groups in total. The molecule has 4 rings (SSSR count). The van der Waals surface area contributed by atoms with Crippen molar-refractivity contribution in [1.29, 1.82) is 0 Å². The number of hydrogen-bond acceptors (Lipinski definition) is 10. The number of aliphatic hydroxyl groups is 5. The van der Waals surface area contributed by atoms with E-state index >= 15 is 0 Å². The van der Waals surface area contributed by atoms with Crippen molar-refractivity contribution in [2.45, 2.75) is 82.8 Å². The summed E-state index contributed by atoms with van der Waals surface area (Å²) in [6.07, 6.45) is -4.16. The average molecular weight is 507 g/mol. The molecule has 10 nitrogen and oxygen atoms in total. The maximum atomic E-state index is 13.2. The van der Waals surface area contributed by atoms with Gasteiger partial charge in [0.25, 0.3) is 0 Å². The molecule has 2 aliphatic heterocycles. The van der Waals surface area contributed by atoms with E-state index in [0.717, 1.165) is 5.57 Å². The number of benzene rings is 1. The van der Waals surface area contributed by atoms with Gasteiger partial charge in [-0.15, -0.1) is 0 Å². The Morgan fingerprint density at radius 2 is 1.89 bits per heavy atom. The van der Waals surface area contributed by atoms with Gasteiger partial charge in [0.1, 0.15) is 47.6 Å². The summed E-state index contributed by atoms with van der Waals surface area (Å²) in [5, 5.41) is 49.6. The predicted molar refractivity (Wildman–Crippen MR) is 129 cm³/mol. The summed E-state index contributed by atoms with van der Waals surface area (Å²) in [6, 6.07) is 3.14. The van der Waals surface area contributed by atoms with Gasteiger partial charge in [-0.25, -0.2) is 4.79 Å². The fourth-order valence-electron chi connectivity index (χ4n) is 4.96. The summed E-state index contributed by atoms with van der Waals surface area (Å²) in [5.74, 6) is 0.668. The number of allylic oxidation sites excluding steroid dienone is 1. The van der Waals surface area contributed by atoms with Crippen LogP contribution in [0.5, 0.6) is 11.5 Å². The summed E-state index contributed by atoms with van der Waals surface area (Å²) >= 11 is 0. The molecule has 0 aliphatic carbocycles. The molecule has 0 spiro atoms. The quantitative estimate of drug-likeness (QED) is 0.271. The van der Waals surface area contributed by atoms with E-state index < -0.39 is 48.4 Å². The van der Waals surface area contributed by atoms with Gasteiger partial charge in [0.05, 0.1) is 24.2 Å². The van der Waals surface area contributed by atoms with Gasteiger partial charge in [-0.2, -0.15) is 0 Å². The molecule has 1 fully saturated rings. The molecule has 1 saturated heterocycles. The Hall–Kier alpha value is -2.47. The van der Waals surface area contributed by atoms with E-state index in [4.69, 9.17) is 18.6 Å². The smallest absolute Gasteiger partial charge is 0.343 e. The van der Waals surface area contributed by atoms with Crippen LogP contribution in [0.3, 0.4) is 0 Å². The van der Waals surface area contributed by atoms with E-state index in [9.17, 15) is 30.3 Å². The van der Waals surface area contributed by atoms with Crippen molar-refractivity contribution in [2.75, 3.05) is 13.2 Å². The zero-order chi connectivity index (χ0) is 26.4. The molecular weight excluding hydrogens is 472 g/mol. The van der Waals surface area contributed by atoms with Crippen LogP contribution in [0.2, 0.25) is 0 Å². The van der Waals surface area contributed by atoms with E-state index in [2.05, 4.69) is 0 Å². The number of hydrogen-bond donors (Lipinski definition) is 5. The fourth-order valence-corrected chi connectivity index (χ4v) is 4.96. The molecule has 0 saturated carbocycles. The zero-order valence-electron chi connectivity index (χ0n) is 20.8. The van der Waals surface area contributed by atoms with Crippen LogP contribution in [0, 0.1) is 6.92 Å². The second kappa shape index (κ2) is 10.1. The standard InChI is InChI=1S/C26H34O10/c1-12(10-27)6-5-7-26(4)14(3)33-23-18-13(2)8-15(9-16(18)35-24(32)19(23)26)34-25-22(31)21(30)20(29)17(11-28)36-25/h6,8-9,14,17,20-22,25,27-31H,5,7,10-11H2,1-4H3/b12-6-/t14-,17-,20-,21+,22-,25-,26-/m1/s1. The zero-order valence-corrected chi connectivity index (χ0v) is 20.8. The molecule has 2 aromatic rings. The van der Waals surface area contributed by atoms with Crippen molar-refractivity contribution in [3.05, 3.63) is 45.3 Å². The highest BCUT2D eigenvalue weighted by molar-refractivity contribution is 5.90. The lowest BCUT2D eigenvalue weighted by Gasteiger charge is -2.39. The third-order valence-electron chi connectivity index (χ3n) is 7.40. The van der Waals surface area contributed by atoms with Crippen LogP contribution in [0.25, 0.3) is 11.0 Å². The Kier molecular flexibility index (Phi) is 7.47. The maximum absolute atomic E-state index is 13.2. The molecule has 7 atom stereocenters. The number of rotatable bonds is 7. The molecule has 10 heteroatoms. The molecule has 36 heavy (non-hydrogen) atoms. The van der Waals surface area contributed by atoms with Gasteiger partial charge in [0.2, 0.25) is 6.29 Å². The molecule has 0 bridgehead atoms. The van der Waals surface area contributed by atoms with Crippen molar-refractivity contribution in [2.24, 2.45) is 0 Å². The fraction of sp³-hybridized carbons (Fsp3) is 0.577. The third-order valence-corrected chi connectivity index (χ3v) is 7.40. The van der Waals surface area contributed by atoms with Gasteiger partial charge < -0.3 is 44.2 Å². The first-order chi connectivity index (χ1) is 17.0. The Bertz CT molecular complexity index is 1200. The van der Waals surface area contributed by atoms with Gasteiger partial charge in [0.15, 0.2) is 0 Å². The summed E-state index contributed by atoms with van der Waals surface area (Å²) in [4.78, 5) is 13.2. The van der Waals surface area contributed by atoms with Gasteiger partial charge >= 0.3 is 5.63 Å². The Labute approximate surface area is 208 Å². The molecule has 1 aromatic heterocycles. The lowest BCUT2D eigenvalue weighted by atomic mass is 9.76. The first kappa shape index (κ1) is 26.6. The van der Waals surface area contributed by atoms with Crippen LogP contribution in [-0.4, -0.2) is 75.6 Å². The van der Waals surface area contributed by atoms with Crippen molar-refractivity contribution < 1.29 is 44.2 Å². The SMILES string of the molecule is C/C(=C/CC[C@@]1(C)c2c(c3c(C)cc(O[C@@H]4O[C@H](CO)[C@@H](O)[C@H](O)[C@H]4O)cc3oc2=O)O[C@@H]1C)CO. The van der Waals surface area contributed by atoms with Crippen molar-refractivity contribution in [3.63, 3.8) is 0 Å². The topological polar surface area (TPSA) is 159 Å². The van der Waals surface area contributed by atoms with Gasteiger partial charge in [-0.05, 0) is 45.2 Å². The number of aliphatic hydroxyl groups excluding tert-OH is 5. The number of ether oxygens (including phenoxy) is 3. The molecule has 198 valence electrons. The van der Waals surface area contributed by atoms with Crippen LogP contribution in [0.15, 0.2) is 33.0 Å². The van der Waals surface area contributed by atoms with Crippen LogP contribution in [0.1, 0.15) is 44.7 Å². The highest BCUT2D eigenvalue weighted by Gasteiger charge is 2.47. The van der Waals surface area contributed by atoms with Gasteiger partial charge in [-0.3, -0.25) is 0 Å². The summed E-state index contributed by atoms with van der Waals surface area (Å²) in [6.45, 7) is 6.95. The Balaban J connectivity index is 1.68. The summed E-state index contributed by atoms with van der Waals surface area (Å²) in [5.41, 5.74) is 1.15. The van der Waals surface area contributed by atoms with E-state index in [1.54, 1.807) is 13.0 Å². The van der Waals surface area contributed by atoms with Crippen LogP contribution in [0.4, 0.5) is 0 Å². The van der Waals surface area contributed by atoms with Crippen LogP contribution < -0.4 is 15.1 Å². The lowest BCUT2D eigenvalue weighted by Crippen LogP contribution is -2.60. The van der Waals surface area contributed by atoms with E-state index in [0.29, 0.717) is 35.1 Å². The molecular formula is C26H34O10. The monoisotopic (exact) mass is 506 g/mol. The summed E-state index contributed by atoms with van der Waals surface area (Å²) in [7, 11) is 0. The largest absolute Gasteiger partial charge is 0.488 e. The number of aryl methyl sites for hydroxylation is 1. The first-order valence-electron chi connectivity index (χ1n) is 12.0. The number of fused-ring (bicyclic) bond motifs is 3. The third kappa shape index (κ3) is 4.53. The van der Waals surface area contributed by atoms with Crippen molar-refractivity contribution in [1.82, 2.24) is 0 Å². The van der Waals surface area contributed by atoms with E-state index in [-0.39, 0.29) is 24.0 Å². The first-order valence-corrected chi connectivity index (χ1v) is 12.0. The molecule has 1 aromatic carbocycles. The lowest BCUT2D eigenvalue weighted by molar-refractivity contribution is -0.277. The van der Waals surface area contributed by atoms with Gasteiger partial charge in [-0.1, -0.05) is 18.6 Å². The molecule has 0 radical (unpaired) electrons. The van der Waals surface area contributed by atoms with Gasteiger partial charge in [0, 0.05) is 11.5 Å². The predicted octanol–water partition coefficient (Wildman–Crippen LogP) is 1.04. The molecule has 0 unspecified atom stereocenters. The highest BCUT2D eigenvalue weighted by Crippen LogP contribution is 2.48. The molecule has 0 amide bonds. The minimum atomic E-state index is -1.58. The molecule has 3 heterocycles. The van der Waals surface area contributed by atoms with E-state index in [1.165, 1.54) is 6.07 Å². The van der Waals surface area contributed by atoms with Crippen molar-refractivity contribution in [3.8, 4) is 11.5 Å². The minimum absolute atomic E-state index is 0.0150. The second-order valence-corrected chi connectivity index (χ2v) is 9.95. The minimum Gasteiger partial charge on any atom is -0.488 e. The summed E-state index contributed by atoms with van der Waals surface area (Å²) < 4.78 is 23.1. The van der Waals surface area contributed by atoms with Crippen LogP contribution >= 0.6 is 0 Å². The Morgan fingerprint density at radius 3 is 2.56 bits per heavy atom. The highest BCUT2D eigenvalue weighted by atomic mass is 16.7. The second-order valence-electron chi connectivity index (χ2n) is 9.95. The van der Waals surface area contributed by atoms with Crippen LogP contribution in [-0.2, 0) is 10.2 Å².